The normalized spacial score (nSPS) is 11.7. The molecule has 0 bridgehead atoms. The van der Waals surface area contributed by atoms with E-state index in [2.05, 4.69) is 15.6 Å². The zero-order valence-corrected chi connectivity index (χ0v) is 15.8. The highest BCUT2D eigenvalue weighted by atomic mass is 35.5. The van der Waals surface area contributed by atoms with Gasteiger partial charge in [0.1, 0.15) is 0 Å². The van der Waals surface area contributed by atoms with Crippen LogP contribution in [0.25, 0.3) is 11.3 Å². The Morgan fingerprint density at radius 1 is 1.19 bits per heavy atom. The number of carbonyl (C=O) groups is 2. The molecule has 3 rings (SSSR count). The van der Waals surface area contributed by atoms with Crippen molar-refractivity contribution in [2.45, 2.75) is 12.5 Å². The van der Waals surface area contributed by atoms with Crippen LogP contribution >= 0.6 is 34.3 Å². The molecule has 26 heavy (non-hydrogen) atoms. The van der Waals surface area contributed by atoms with Crippen LogP contribution in [0.5, 0.6) is 0 Å². The lowest BCUT2D eigenvalue weighted by molar-refractivity contribution is -0.116. The van der Waals surface area contributed by atoms with Crippen molar-refractivity contribution in [1.29, 1.82) is 0 Å². The molecule has 2 aromatic heterocycles. The van der Waals surface area contributed by atoms with Crippen LogP contribution < -0.4 is 16.4 Å². The van der Waals surface area contributed by atoms with Gasteiger partial charge in [0.2, 0.25) is 5.91 Å². The molecular weight excluding hydrogens is 392 g/mol. The highest BCUT2D eigenvalue weighted by Crippen LogP contribution is 2.30. The number of anilines is 1. The number of primary amides is 1. The van der Waals surface area contributed by atoms with E-state index < -0.39 is 12.1 Å². The Morgan fingerprint density at radius 3 is 2.69 bits per heavy atom. The van der Waals surface area contributed by atoms with Crippen LogP contribution in [0, 0.1) is 0 Å². The number of benzene rings is 1. The van der Waals surface area contributed by atoms with E-state index in [-0.39, 0.29) is 12.3 Å². The van der Waals surface area contributed by atoms with Crippen LogP contribution in [-0.2, 0) is 4.79 Å². The maximum Gasteiger partial charge on any atom is 0.312 e. The smallest absolute Gasteiger partial charge is 0.312 e. The fourth-order valence-corrected chi connectivity index (χ4v) is 4.10. The van der Waals surface area contributed by atoms with Crippen molar-refractivity contribution in [3.8, 4) is 11.3 Å². The summed E-state index contributed by atoms with van der Waals surface area (Å²) in [7, 11) is 0. The van der Waals surface area contributed by atoms with Gasteiger partial charge in [-0.3, -0.25) is 4.79 Å². The predicted octanol–water partition coefficient (Wildman–Crippen LogP) is 4.26. The molecule has 3 amide bonds. The molecule has 0 aliphatic carbocycles. The third-order valence-electron chi connectivity index (χ3n) is 3.49. The average Bonchev–Trinajstić information content (AvgIpc) is 3.26. The van der Waals surface area contributed by atoms with Gasteiger partial charge in [0.05, 0.1) is 18.2 Å². The standard InChI is InChI=1S/C17H15ClN4O2S2/c18-11-5-2-1-4-10(11)13-9-26-17(21-13)22-15(23)8-12(20-16(19)24)14-6-3-7-25-14/h1-7,9,12H,8H2,(H3,19,20,24)(H,21,22,23). The molecule has 0 spiro atoms. The molecule has 1 aromatic carbocycles. The van der Waals surface area contributed by atoms with E-state index in [0.717, 1.165) is 10.4 Å². The summed E-state index contributed by atoms with van der Waals surface area (Å²) in [4.78, 5) is 28.8. The van der Waals surface area contributed by atoms with Gasteiger partial charge < -0.3 is 16.4 Å². The summed E-state index contributed by atoms with van der Waals surface area (Å²) in [5.41, 5.74) is 6.71. The number of rotatable bonds is 6. The zero-order chi connectivity index (χ0) is 18.5. The number of carbonyl (C=O) groups excluding carboxylic acids is 2. The molecule has 0 saturated heterocycles. The third-order valence-corrected chi connectivity index (χ3v) is 5.57. The van der Waals surface area contributed by atoms with Gasteiger partial charge in [-0.15, -0.1) is 22.7 Å². The minimum Gasteiger partial charge on any atom is -0.352 e. The third kappa shape index (κ3) is 4.60. The molecule has 0 aliphatic heterocycles. The van der Waals surface area contributed by atoms with Crippen molar-refractivity contribution in [2.75, 3.05) is 5.32 Å². The Balaban J connectivity index is 1.68. The first-order valence-electron chi connectivity index (χ1n) is 7.62. The number of nitrogens with two attached hydrogens (primary N) is 1. The summed E-state index contributed by atoms with van der Waals surface area (Å²) in [5.74, 6) is -0.266. The van der Waals surface area contributed by atoms with Crippen LogP contribution in [0.4, 0.5) is 9.93 Å². The molecule has 0 aliphatic rings. The SMILES string of the molecule is NC(=O)NC(CC(=O)Nc1nc(-c2ccccc2Cl)cs1)c1cccs1. The maximum absolute atomic E-state index is 12.4. The molecule has 0 saturated carbocycles. The molecule has 6 nitrogen and oxygen atoms in total. The molecule has 2 heterocycles. The first-order valence-corrected chi connectivity index (χ1v) is 9.76. The highest BCUT2D eigenvalue weighted by Gasteiger charge is 2.19. The first kappa shape index (κ1) is 18.4. The van der Waals surface area contributed by atoms with Gasteiger partial charge in [-0.2, -0.15) is 0 Å². The van der Waals surface area contributed by atoms with Crippen molar-refractivity contribution in [2.24, 2.45) is 5.73 Å². The lowest BCUT2D eigenvalue weighted by atomic mass is 10.1. The summed E-state index contributed by atoms with van der Waals surface area (Å²) in [6.45, 7) is 0. The number of amides is 3. The number of hydrogen-bond acceptors (Lipinski definition) is 5. The van der Waals surface area contributed by atoms with Gasteiger partial charge in [0.15, 0.2) is 5.13 Å². The number of thiophene rings is 1. The van der Waals surface area contributed by atoms with Crippen molar-refractivity contribution >= 4 is 51.3 Å². The van der Waals surface area contributed by atoms with E-state index in [1.54, 1.807) is 6.07 Å². The number of aromatic nitrogens is 1. The molecule has 3 aromatic rings. The van der Waals surface area contributed by atoms with E-state index in [1.807, 2.05) is 41.1 Å². The minimum atomic E-state index is -0.675. The molecule has 1 unspecified atom stereocenters. The predicted molar refractivity (Wildman–Crippen MR) is 106 cm³/mol. The van der Waals surface area contributed by atoms with Crippen LogP contribution in [-0.4, -0.2) is 16.9 Å². The van der Waals surface area contributed by atoms with E-state index in [9.17, 15) is 9.59 Å². The first-order chi connectivity index (χ1) is 12.5. The number of nitrogens with zero attached hydrogens (tertiary/aromatic N) is 1. The number of thiazole rings is 1. The van der Waals surface area contributed by atoms with Crippen molar-refractivity contribution in [3.05, 3.63) is 57.1 Å². The van der Waals surface area contributed by atoms with Crippen molar-refractivity contribution < 1.29 is 9.59 Å². The minimum absolute atomic E-state index is 0.0600. The lowest BCUT2D eigenvalue weighted by Crippen LogP contribution is -2.34. The second-order valence-corrected chi connectivity index (χ2v) is 7.59. The van der Waals surface area contributed by atoms with Crippen molar-refractivity contribution in [3.63, 3.8) is 0 Å². The Kier molecular flexibility index (Phi) is 5.87. The Hall–Kier alpha value is -2.42. The molecular formula is C17H15ClN4O2S2. The van der Waals surface area contributed by atoms with Crippen LogP contribution in [0.2, 0.25) is 5.02 Å². The summed E-state index contributed by atoms with van der Waals surface area (Å²) < 4.78 is 0. The van der Waals surface area contributed by atoms with Gasteiger partial charge in [-0.05, 0) is 17.5 Å². The quantitative estimate of drug-likeness (QED) is 0.570. The van der Waals surface area contributed by atoms with Gasteiger partial charge in [0, 0.05) is 20.8 Å². The summed E-state index contributed by atoms with van der Waals surface area (Å²) in [6.07, 6.45) is 0.0600. The second kappa shape index (κ2) is 8.31. The average molecular weight is 407 g/mol. The van der Waals surface area contributed by atoms with Crippen LogP contribution in [0.3, 0.4) is 0 Å². The van der Waals surface area contributed by atoms with Gasteiger partial charge in [-0.1, -0.05) is 35.9 Å². The van der Waals surface area contributed by atoms with E-state index in [1.165, 1.54) is 22.7 Å². The zero-order valence-electron chi connectivity index (χ0n) is 13.4. The van der Waals surface area contributed by atoms with E-state index >= 15 is 0 Å². The number of hydrogen-bond donors (Lipinski definition) is 3. The Labute approximate surface area is 163 Å². The molecule has 134 valence electrons. The summed E-state index contributed by atoms with van der Waals surface area (Å²) in [6, 6.07) is 9.92. The van der Waals surface area contributed by atoms with Crippen LogP contribution in [0.15, 0.2) is 47.2 Å². The monoisotopic (exact) mass is 406 g/mol. The Bertz CT molecular complexity index is 911. The fraction of sp³-hybridized carbons (Fsp3) is 0.118. The molecule has 0 fully saturated rings. The van der Waals surface area contributed by atoms with Gasteiger partial charge >= 0.3 is 6.03 Å². The lowest BCUT2D eigenvalue weighted by Gasteiger charge is -2.15. The van der Waals surface area contributed by atoms with Crippen LogP contribution in [0.1, 0.15) is 17.3 Å². The highest BCUT2D eigenvalue weighted by molar-refractivity contribution is 7.14. The van der Waals surface area contributed by atoms with Gasteiger partial charge in [0.25, 0.3) is 0 Å². The molecule has 1 atom stereocenters. The van der Waals surface area contributed by atoms with Crippen molar-refractivity contribution in [1.82, 2.24) is 10.3 Å². The largest absolute Gasteiger partial charge is 0.352 e. The second-order valence-electron chi connectivity index (χ2n) is 5.35. The fourth-order valence-electron chi connectivity index (χ4n) is 2.36. The summed E-state index contributed by atoms with van der Waals surface area (Å²) in [5, 5.41) is 10.1. The molecule has 0 radical (unpaired) electrons. The topological polar surface area (TPSA) is 97.1 Å². The number of nitrogens with one attached hydrogen (secondary N) is 2. The number of urea groups is 1. The molecule has 4 N–H and O–H groups in total. The summed E-state index contributed by atoms with van der Waals surface area (Å²) >= 11 is 8.93. The molecule has 9 heteroatoms. The Morgan fingerprint density at radius 2 is 2.00 bits per heavy atom. The van der Waals surface area contributed by atoms with E-state index in [4.69, 9.17) is 17.3 Å². The maximum atomic E-state index is 12.4. The van der Waals surface area contributed by atoms with Gasteiger partial charge in [-0.25, -0.2) is 9.78 Å². The number of halogens is 1. The van der Waals surface area contributed by atoms with E-state index in [0.29, 0.717) is 15.8 Å².